The Hall–Kier alpha value is -4.56. The maximum Gasteiger partial charge on any atom is 0.277 e. The van der Waals surface area contributed by atoms with Gasteiger partial charge in [0.1, 0.15) is 18.0 Å². The predicted molar refractivity (Wildman–Crippen MR) is 131 cm³/mol. The van der Waals surface area contributed by atoms with Crippen LogP contribution in [0.5, 0.6) is 0 Å². The molecule has 35 heavy (non-hydrogen) atoms. The molecule has 3 aromatic heterocycles. The number of fused-ring (bicyclic) bond motifs is 1. The average molecular weight is 469 g/mol. The number of hydrogen-bond donors (Lipinski definition) is 4. The highest BCUT2D eigenvalue weighted by atomic mass is 16.2. The number of benzene rings is 1. The van der Waals surface area contributed by atoms with E-state index in [1.54, 1.807) is 24.4 Å². The van der Waals surface area contributed by atoms with Crippen LogP contribution in [0.3, 0.4) is 0 Å². The SMILES string of the molecule is N#Cc1ccc(Nc2cc(NC3CCC(N)CC3)nn3c(C(=O)Nc4ccncn4)cnc23)cc1. The number of nitriles is 1. The highest BCUT2D eigenvalue weighted by molar-refractivity contribution is 6.03. The molecule has 1 aliphatic carbocycles. The van der Waals surface area contributed by atoms with E-state index < -0.39 is 5.91 Å². The van der Waals surface area contributed by atoms with E-state index in [0.29, 0.717) is 28.5 Å². The molecular formula is C24H24N10O. The van der Waals surface area contributed by atoms with Crippen LogP contribution in [0.2, 0.25) is 0 Å². The quantitative estimate of drug-likeness (QED) is 0.333. The van der Waals surface area contributed by atoms with Gasteiger partial charge in [0.05, 0.1) is 23.5 Å². The Bertz CT molecular complexity index is 1370. The van der Waals surface area contributed by atoms with Crippen molar-refractivity contribution in [3.8, 4) is 6.07 Å². The Labute approximate surface area is 201 Å². The topological polar surface area (TPSA) is 159 Å². The number of anilines is 4. The number of rotatable bonds is 6. The van der Waals surface area contributed by atoms with Crippen molar-refractivity contribution in [2.24, 2.45) is 5.73 Å². The minimum atomic E-state index is -0.395. The van der Waals surface area contributed by atoms with Gasteiger partial charge in [-0.25, -0.2) is 19.5 Å². The smallest absolute Gasteiger partial charge is 0.277 e. The van der Waals surface area contributed by atoms with Gasteiger partial charge in [0.15, 0.2) is 11.3 Å². The maximum atomic E-state index is 13.0. The first-order valence-corrected chi connectivity index (χ1v) is 11.3. The second kappa shape index (κ2) is 9.74. The van der Waals surface area contributed by atoms with Crippen LogP contribution >= 0.6 is 0 Å². The van der Waals surface area contributed by atoms with Crippen molar-refractivity contribution in [1.29, 1.82) is 5.26 Å². The van der Waals surface area contributed by atoms with Gasteiger partial charge < -0.3 is 21.7 Å². The molecule has 3 heterocycles. The molecule has 0 radical (unpaired) electrons. The molecular weight excluding hydrogens is 444 g/mol. The first-order chi connectivity index (χ1) is 17.1. The molecule has 1 amide bonds. The number of amides is 1. The number of imidazole rings is 1. The molecule has 5 rings (SSSR count). The maximum absolute atomic E-state index is 13.0. The highest BCUT2D eigenvalue weighted by Crippen LogP contribution is 2.27. The zero-order valence-electron chi connectivity index (χ0n) is 18.8. The number of nitrogens with one attached hydrogen (secondary N) is 3. The number of carbonyl (C=O) groups is 1. The van der Waals surface area contributed by atoms with E-state index >= 15 is 0 Å². The Morgan fingerprint density at radius 3 is 2.60 bits per heavy atom. The number of nitrogens with zero attached hydrogens (tertiary/aromatic N) is 6. The molecule has 0 bridgehead atoms. The molecule has 1 fully saturated rings. The van der Waals surface area contributed by atoms with E-state index in [2.05, 4.69) is 42.1 Å². The highest BCUT2D eigenvalue weighted by Gasteiger charge is 2.21. The van der Waals surface area contributed by atoms with Crippen LogP contribution in [0.25, 0.3) is 5.65 Å². The lowest BCUT2D eigenvalue weighted by Gasteiger charge is -2.27. The Morgan fingerprint density at radius 2 is 1.89 bits per heavy atom. The van der Waals surface area contributed by atoms with Crippen molar-refractivity contribution in [1.82, 2.24) is 24.6 Å². The lowest BCUT2D eigenvalue weighted by molar-refractivity contribution is 0.102. The van der Waals surface area contributed by atoms with Gasteiger partial charge in [0, 0.05) is 30.0 Å². The summed E-state index contributed by atoms with van der Waals surface area (Å²) in [6, 6.07) is 13.2. The normalized spacial score (nSPS) is 17.5. The molecule has 11 nitrogen and oxygen atoms in total. The second-order valence-electron chi connectivity index (χ2n) is 8.44. The largest absolute Gasteiger partial charge is 0.366 e. The van der Waals surface area contributed by atoms with Gasteiger partial charge in [-0.2, -0.15) is 5.26 Å². The molecule has 0 spiro atoms. The van der Waals surface area contributed by atoms with E-state index in [1.807, 2.05) is 18.2 Å². The van der Waals surface area contributed by atoms with Gasteiger partial charge in [-0.3, -0.25) is 4.79 Å². The summed E-state index contributed by atoms with van der Waals surface area (Å²) in [6.07, 6.45) is 8.19. The fraction of sp³-hybridized carbons (Fsp3) is 0.250. The zero-order valence-corrected chi connectivity index (χ0v) is 18.8. The van der Waals surface area contributed by atoms with Crippen molar-refractivity contribution < 1.29 is 4.79 Å². The standard InChI is InChI=1S/C24H24N10O/c25-12-15-1-5-17(6-2-15)30-19-11-22(31-18-7-3-16(26)4-8-18)33-34-20(13-28-23(19)34)24(35)32-21-9-10-27-14-29-21/h1-2,5-6,9-11,13-14,16,18,30H,3-4,7-8,26H2,(H,31,33)(H,27,29,32,35). The molecule has 1 aromatic carbocycles. The van der Waals surface area contributed by atoms with Crippen LogP contribution in [-0.2, 0) is 0 Å². The Balaban J connectivity index is 1.49. The fourth-order valence-corrected chi connectivity index (χ4v) is 4.09. The van der Waals surface area contributed by atoms with Gasteiger partial charge in [-0.1, -0.05) is 0 Å². The minimum Gasteiger partial charge on any atom is -0.366 e. The molecule has 1 saturated carbocycles. The lowest BCUT2D eigenvalue weighted by Crippen LogP contribution is -2.33. The first-order valence-electron chi connectivity index (χ1n) is 11.3. The van der Waals surface area contributed by atoms with Crippen molar-refractivity contribution >= 4 is 34.6 Å². The molecule has 0 atom stereocenters. The number of nitrogens with two attached hydrogens (primary N) is 1. The average Bonchev–Trinajstić information content (AvgIpc) is 3.31. The molecule has 11 heteroatoms. The van der Waals surface area contributed by atoms with E-state index in [-0.39, 0.29) is 17.8 Å². The van der Waals surface area contributed by atoms with Crippen LogP contribution in [0.15, 0.2) is 55.1 Å². The van der Waals surface area contributed by atoms with Gasteiger partial charge >= 0.3 is 0 Å². The van der Waals surface area contributed by atoms with Crippen molar-refractivity contribution in [2.45, 2.75) is 37.8 Å². The van der Waals surface area contributed by atoms with Crippen molar-refractivity contribution in [3.63, 3.8) is 0 Å². The molecule has 0 aliphatic heterocycles. The molecule has 0 saturated heterocycles. The summed E-state index contributed by atoms with van der Waals surface area (Å²) in [6.45, 7) is 0. The predicted octanol–water partition coefficient (Wildman–Crippen LogP) is 3.07. The zero-order chi connectivity index (χ0) is 24.2. The summed E-state index contributed by atoms with van der Waals surface area (Å²) < 4.78 is 1.51. The second-order valence-corrected chi connectivity index (χ2v) is 8.44. The fourth-order valence-electron chi connectivity index (χ4n) is 4.09. The summed E-state index contributed by atoms with van der Waals surface area (Å²) in [4.78, 5) is 25.4. The minimum absolute atomic E-state index is 0.239. The number of aromatic nitrogens is 5. The molecule has 5 N–H and O–H groups in total. The molecule has 4 aromatic rings. The molecule has 1 aliphatic rings. The number of hydrogen-bond acceptors (Lipinski definition) is 9. The summed E-state index contributed by atoms with van der Waals surface area (Å²) in [5, 5.41) is 23.3. The van der Waals surface area contributed by atoms with E-state index in [9.17, 15) is 4.79 Å². The van der Waals surface area contributed by atoms with Gasteiger partial charge in [0.2, 0.25) is 0 Å². The van der Waals surface area contributed by atoms with Gasteiger partial charge in [-0.05, 0) is 56.0 Å². The molecule has 176 valence electrons. The van der Waals surface area contributed by atoms with Gasteiger partial charge in [-0.15, -0.1) is 5.10 Å². The van der Waals surface area contributed by atoms with E-state index in [1.165, 1.54) is 17.0 Å². The summed E-state index contributed by atoms with van der Waals surface area (Å²) in [7, 11) is 0. The van der Waals surface area contributed by atoms with Crippen LogP contribution in [0.4, 0.5) is 23.0 Å². The Kier molecular flexibility index (Phi) is 6.19. The third kappa shape index (κ3) is 5.02. The van der Waals surface area contributed by atoms with Crippen LogP contribution in [0, 0.1) is 11.3 Å². The van der Waals surface area contributed by atoms with Crippen molar-refractivity contribution in [2.75, 3.05) is 16.0 Å². The first kappa shape index (κ1) is 22.2. The lowest BCUT2D eigenvalue weighted by atomic mass is 9.92. The van der Waals surface area contributed by atoms with Crippen molar-refractivity contribution in [3.05, 3.63) is 66.4 Å². The third-order valence-electron chi connectivity index (χ3n) is 5.94. The number of carbonyl (C=O) groups excluding carboxylic acids is 1. The van der Waals surface area contributed by atoms with Crippen LogP contribution in [-0.4, -0.2) is 42.6 Å². The van der Waals surface area contributed by atoms with Crippen LogP contribution in [0.1, 0.15) is 41.7 Å². The van der Waals surface area contributed by atoms with E-state index in [0.717, 1.165) is 31.4 Å². The van der Waals surface area contributed by atoms with Crippen LogP contribution < -0.4 is 21.7 Å². The Morgan fingerprint density at radius 1 is 1.09 bits per heavy atom. The summed E-state index contributed by atoms with van der Waals surface area (Å²) in [5.41, 5.74) is 8.82. The van der Waals surface area contributed by atoms with Gasteiger partial charge in [0.25, 0.3) is 5.91 Å². The summed E-state index contributed by atoms with van der Waals surface area (Å²) in [5.74, 6) is 0.598. The molecule has 0 unspecified atom stereocenters. The third-order valence-corrected chi connectivity index (χ3v) is 5.94. The van der Waals surface area contributed by atoms with E-state index in [4.69, 9.17) is 11.0 Å². The monoisotopic (exact) mass is 468 g/mol. The summed E-state index contributed by atoms with van der Waals surface area (Å²) >= 11 is 0.